The van der Waals surface area contributed by atoms with Crippen molar-refractivity contribution in [1.82, 2.24) is 15.3 Å². The minimum absolute atomic E-state index is 0.0209. The smallest absolute Gasteiger partial charge is 0.223 e. The maximum absolute atomic E-state index is 12.3. The van der Waals surface area contributed by atoms with Crippen molar-refractivity contribution in [2.24, 2.45) is 11.7 Å². The van der Waals surface area contributed by atoms with Crippen LogP contribution in [0.25, 0.3) is 0 Å². The fraction of sp³-hybridized carbons (Fsp3) is 0.750. The van der Waals surface area contributed by atoms with Gasteiger partial charge in [-0.1, -0.05) is 6.92 Å². The fourth-order valence-corrected chi connectivity index (χ4v) is 2.90. The first-order chi connectivity index (χ1) is 10.7. The summed E-state index contributed by atoms with van der Waals surface area (Å²) in [5.41, 5.74) is 6.09. The van der Waals surface area contributed by atoms with Crippen LogP contribution in [0, 0.1) is 5.92 Å². The number of aromatic amines is 1. The van der Waals surface area contributed by atoms with Crippen LogP contribution in [0.15, 0.2) is 12.4 Å². The van der Waals surface area contributed by atoms with Gasteiger partial charge in [-0.05, 0) is 32.1 Å². The molecule has 0 radical (unpaired) electrons. The molecular weight excluding hydrogens is 280 g/mol. The zero-order valence-electron chi connectivity index (χ0n) is 13.4. The van der Waals surface area contributed by atoms with Crippen LogP contribution in [0.4, 0.5) is 0 Å². The van der Waals surface area contributed by atoms with Crippen LogP contribution < -0.4 is 11.1 Å². The van der Waals surface area contributed by atoms with E-state index >= 15 is 0 Å². The number of hydrogen-bond donors (Lipinski definition) is 3. The molecule has 4 N–H and O–H groups in total. The minimum Gasteiger partial charge on any atom is -0.377 e. The number of aryl methyl sites for hydroxylation is 1. The predicted octanol–water partition coefficient (Wildman–Crippen LogP) is 1.38. The molecule has 6 nitrogen and oxygen atoms in total. The molecule has 1 fully saturated rings. The Kier molecular flexibility index (Phi) is 6.86. The Labute approximate surface area is 132 Å². The number of rotatable bonds is 8. The zero-order chi connectivity index (χ0) is 15.8. The lowest BCUT2D eigenvalue weighted by atomic mass is 9.83. The summed E-state index contributed by atoms with van der Waals surface area (Å²) in [5, 5.41) is 3.03. The quantitative estimate of drug-likeness (QED) is 0.633. The van der Waals surface area contributed by atoms with Gasteiger partial charge in [0.25, 0.3) is 0 Å². The topological polar surface area (TPSA) is 93.0 Å². The van der Waals surface area contributed by atoms with E-state index in [1.165, 1.54) is 0 Å². The number of nitrogens with two attached hydrogens (primary N) is 1. The number of nitrogens with zero attached hydrogens (tertiary/aromatic N) is 1. The third-order valence-electron chi connectivity index (χ3n) is 4.19. The maximum Gasteiger partial charge on any atom is 0.223 e. The summed E-state index contributed by atoms with van der Waals surface area (Å²) in [4.78, 5) is 19.5. The Hall–Kier alpha value is -1.40. The lowest BCUT2D eigenvalue weighted by molar-refractivity contribution is -0.128. The van der Waals surface area contributed by atoms with Crippen LogP contribution in [-0.2, 0) is 16.0 Å². The number of aromatic nitrogens is 2. The molecule has 1 aliphatic carbocycles. The summed E-state index contributed by atoms with van der Waals surface area (Å²) < 4.78 is 5.78. The fourth-order valence-electron chi connectivity index (χ4n) is 2.90. The third kappa shape index (κ3) is 5.10. The third-order valence-corrected chi connectivity index (χ3v) is 4.19. The van der Waals surface area contributed by atoms with E-state index in [4.69, 9.17) is 10.5 Å². The summed E-state index contributed by atoms with van der Waals surface area (Å²) in [5.74, 6) is 1.13. The molecule has 1 heterocycles. The van der Waals surface area contributed by atoms with Crippen molar-refractivity contribution in [1.29, 1.82) is 0 Å². The molecule has 124 valence electrons. The highest BCUT2D eigenvalue weighted by Crippen LogP contribution is 2.26. The van der Waals surface area contributed by atoms with Crippen LogP contribution in [-0.4, -0.2) is 41.2 Å². The monoisotopic (exact) mass is 308 g/mol. The Morgan fingerprint density at radius 3 is 3.14 bits per heavy atom. The lowest BCUT2D eigenvalue weighted by Crippen LogP contribution is -2.46. The Balaban J connectivity index is 1.67. The van der Waals surface area contributed by atoms with E-state index in [2.05, 4.69) is 22.2 Å². The zero-order valence-corrected chi connectivity index (χ0v) is 13.4. The highest BCUT2D eigenvalue weighted by molar-refractivity contribution is 5.78. The second kappa shape index (κ2) is 8.90. The normalized spacial score (nSPS) is 25.1. The summed E-state index contributed by atoms with van der Waals surface area (Å²) in [6.07, 6.45) is 8.76. The standard InChI is InChI=1S/C16H28N4O2/c1-2-10-22-14-11-12(5-6-13(14)17)16(21)20-7-3-4-15-18-8-9-19-15/h8-9,12-14H,2-7,10-11,17H2,1H3,(H,18,19)(H,20,21)/t12-,13+,14+/m0/s1. The van der Waals surface area contributed by atoms with Gasteiger partial charge in [-0.25, -0.2) is 4.98 Å². The first-order valence-corrected chi connectivity index (χ1v) is 8.33. The number of hydrogen-bond acceptors (Lipinski definition) is 4. The summed E-state index contributed by atoms with van der Waals surface area (Å²) >= 11 is 0. The Morgan fingerprint density at radius 2 is 2.41 bits per heavy atom. The van der Waals surface area contributed by atoms with Crippen LogP contribution in [0.5, 0.6) is 0 Å². The van der Waals surface area contributed by atoms with Gasteiger partial charge in [0.15, 0.2) is 0 Å². The largest absolute Gasteiger partial charge is 0.377 e. The molecule has 0 unspecified atom stereocenters. The molecule has 1 aromatic rings. The summed E-state index contributed by atoms with van der Waals surface area (Å²) in [6.45, 7) is 3.48. The van der Waals surface area contributed by atoms with Gasteiger partial charge in [0.2, 0.25) is 5.91 Å². The average Bonchev–Trinajstić information content (AvgIpc) is 3.04. The van der Waals surface area contributed by atoms with Gasteiger partial charge in [-0.3, -0.25) is 4.79 Å². The van der Waals surface area contributed by atoms with Gasteiger partial charge in [-0.2, -0.15) is 0 Å². The number of carbonyl (C=O) groups excluding carboxylic acids is 1. The van der Waals surface area contributed by atoms with E-state index in [-0.39, 0.29) is 24.0 Å². The van der Waals surface area contributed by atoms with Crippen molar-refractivity contribution in [3.05, 3.63) is 18.2 Å². The maximum atomic E-state index is 12.3. The van der Waals surface area contributed by atoms with Gasteiger partial charge in [-0.15, -0.1) is 0 Å². The Morgan fingerprint density at radius 1 is 1.55 bits per heavy atom. The van der Waals surface area contributed by atoms with E-state index in [9.17, 15) is 4.79 Å². The molecule has 0 aliphatic heterocycles. The first kappa shape index (κ1) is 17.0. The molecule has 1 saturated carbocycles. The number of amides is 1. The van der Waals surface area contributed by atoms with Crippen LogP contribution in [0.1, 0.15) is 44.9 Å². The highest BCUT2D eigenvalue weighted by atomic mass is 16.5. The molecule has 2 rings (SSSR count). The van der Waals surface area contributed by atoms with Crippen LogP contribution >= 0.6 is 0 Å². The number of nitrogens with one attached hydrogen (secondary N) is 2. The highest BCUT2D eigenvalue weighted by Gasteiger charge is 2.32. The molecule has 1 amide bonds. The van der Waals surface area contributed by atoms with E-state index in [1.54, 1.807) is 6.20 Å². The van der Waals surface area contributed by atoms with Crippen molar-refractivity contribution in [3.63, 3.8) is 0 Å². The van der Waals surface area contributed by atoms with E-state index in [0.717, 1.165) is 51.0 Å². The average molecular weight is 308 g/mol. The van der Waals surface area contributed by atoms with Crippen molar-refractivity contribution >= 4 is 5.91 Å². The van der Waals surface area contributed by atoms with Crippen LogP contribution in [0.3, 0.4) is 0 Å². The second-order valence-electron chi connectivity index (χ2n) is 6.01. The molecule has 22 heavy (non-hydrogen) atoms. The molecule has 3 atom stereocenters. The van der Waals surface area contributed by atoms with Crippen LogP contribution in [0.2, 0.25) is 0 Å². The Bertz CT molecular complexity index is 435. The van der Waals surface area contributed by atoms with Crippen molar-refractivity contribution in [3.8, 4) is 0 Å². The molecule has 6 heteroatoms. The first-order valence-electron chi connectivity index (χ1n) is 8.33. The molecular formula is C16H28N4O2. The van der Waals surface area contributed by atoms with Crippen molar-refractivity contribution < 1.29 is 9.53 Å². The predicted molar refractivity (Wildman–Crippen MR) is 85.3 cm³/mol. The number of H-pyrrole nitrogens is 1. The van der Waals surface area contributed by atoms with E-state index in [1.807, 2.05) is 6.20 Å². The second-order valence-corrected chi connectivity index (χ2v) is 6.01. The summed E-state index contributed by atoms with van der Waals surface area (Å²) in [7, 11) is 0. The van der Waals surface area contributed by atoms with Gasteiger partial charge in [0, 0.05) is 43.9 Å². The van der Waals surface area contributed by atoms with Gasteiger partial charge in [0.05, 0.1) is 6.10 Å². The number of ether oxygens (including phenoxy) is 1. The minimum atomic E-state index is 0.0209. The molecule has 0 bridgehead atoms. The van der Waals surface area contributed by atoms with E-state index in [0.29, 0.717) is 6.54 Å². The summed E-state index contributed by atoms with van der Waals surface area (Å²) in [6, 6.07) is 0.0644. The van der Waals surface area contributed by atoms with Gasteiger partial charge in [0.1, 0.15) is 5.82 Å². The molecule has 0 aromatic carbocycles. The van der Waals surface area contributed by atoms with Gasteiger partial charge < -0.3 is 20.8 Å². The van der Waals surface area contributed by atoms with Crippen molar-refractivity contribution in [2.45, 2.75) is 57.6 Å². The molecule has 1 aromatic heterocycles. The van der Waals surface area contributed by atoms with Gasteiger partial charge >= 0.3 is 0 Å². The lowest BCUT2D eigenvalue weighted by Gasteiger charge is -2.33. The molecule has 0 saturated heterocycles. The number of imidazole rings is 1. The molecule has 0 spiro atoms. The van der Waals surface area contributed by atoms with Crippen molar-refractivity contribution in [2.75, 3.05) is 13.2 Å². The number of carbonyl (C=O) groups is 1. The van der Waals surface area contributed by atoms with E-state index < -0.39 is 0 Å². The SMILES string of the molecule is CCCO[C@@H]1C[C@@H](C(=O)NCCCc2ncc[nH]2)CC[C@H]1N. The molecule has 1 aliphatic rings.